The fourth-order valence-corrected chi connectivity index (χ4v) is 3.98. The van der Waals surface area contributed by atoms with Gasteiger partial charge in [0, 0.05) is 25.6 Å². The first-order valence-electron chi connectivity index (χ1n) is 9.24. The number of hydrogen-bond donors (Lipinski definition) is 0. The van der Waals surface area contributed by atoms with Crippen molar-refractivity contribution in [2.45, 2.75) is 38.6 Å². The molecule has 154 valence electrons. The maximum Gasteiger partial charge on any atom is 0.573 e. The number of aromatic nitrogens is 1. The number of hydrogen-bond acceptors (Lipinski definition) is 4. The number of benzene rings is 2. The number of alkyl halides is 3. The Morgan fingerprint density at radius 2 is 1.83 bits per heavy atom. The van der Waals surface area contributed by atoms with Crippen molar-refractivity contribution in [2.24, 2.45) is 0 Å². The molecule has 1 aromatic heterocycles. The average molecular weight is 422 g/mol. The highest BCUT2D eigenvalue weighted by Crippen LogP contribution is 2.27. The van der Waals surface area contributed by atoms with Crippen molar-refractivity contribution in [1.29, 1.82) is 0 Å². The molecule has 3 aromatic rings. The summed E-state index contributed by atoms with van der Waals surface area (Å²) < 4.78 is 42.8. The Morgan fingerprint density at radius 1 is 1.10 bits per heavy atom. The average Bonchev–Trinajstić information content (AvgIpc) is 3.08. The molecule has 0 saturated heterocycles. The van der Waals surface area contributed by atoms with Crippen LogP contribution in [-0.4, -0.2) is 29.2 Å². The number of fused-ring (bicyclic) bond motifs is 1. The quantitative estimate of drug-likeness (QED) is 0.446. The van der Waals surface area contributed by atoms with Crippen molar-refractivity contribution in [1.82, 2.24) is 9.88 Å². The van der Waals surface area contributed by atoms with Gasteiger partial charge in [-0.05, 0) is 37.5 Å². The van der Waals surface area contributed by atoms with E-state index in [2.05, 4.69) is 9.72 Å². The van der Waals surface area contributed by atoms with Crippen molar-refractivity contribution in [3.63, 3.8) is 0 Å². The van der Waals surface area contributed by atoms with Crippen LogP contribution >= 0.6 is 11.3 Å². The van der Waals surface area contributed by atoms with Crippen LogP contribution in [-0.2, 0) is 17.8 Å². The molecule has 0 atom stereocenters. The summed E-state index contributed by atoms with van der Waals surface area (Å²) in [5.41, 5.74) is 1.30. The Bertz CT molecular complexity index is 939. The number of para-hydroxylation sites is 2. The van der Waals surface area contributed by atoms with Gasteiger partial charge in [0.15, 0.2) is 0 Å². The third-order valence-corrected chi connectivity index (χ3v) is 5.50. The highest BCUT2D eigenvalue weighted by atomic mass is 32.1. The molecule has 2 aromatic carbocycles. The monoisotopic (exact) mass is 422 g/mol. The summed E-state index contributed by atoms with van der Waals surface area (Å²) in [6.07, 6.45) is -2.10. The summed E-state index contributed by atoms with van der Waals surface area (Å²) >= 11 is 1.66. The van der Waals surface area contributed by atoms with Gasteiger partial charge in [0.25, 0.3) is 0 Å². The highest BCUT2D eigenvalue weighted by molar-refractivity contribution is 7.18. The van der Waals surface area contributed by atoms with Gasteiger partial charge >= 0.3 is 6.36 Å². The Kier molecular flexibility index (Phi) is 6.74. The third kappa shape index (κ3) is 6.19. The molecular formula is C21H21F3N2O2S. The second kappa shape index (κ2) is 9.26. The number of thiazole rings is 1. The molecule has 4 nitrogen and oxygen atoms in total. The van der Waals surface area contributed by atoms with Crippen LogP contribution in [0.3, 0.4) is 0 Å². The summed E-state index contributed by atoms with van der Waals surface area (Å²) in [6, 6.07) is 13.8. The lowest BCUT2D eigenvalue weighted by Gasteiger charge is -2.20. The van der Waals surface area contributed by atoms with Crippen molar-refractivity contribution >= 4 is 27.5 Å². The molecule has 0 aliphatic carbocycles. The molecule has 0 unspecified atom stereocenters. The van der Waals surface area contributed by atoms with Crippen molar-refractivity contribution < 1.29 is 22.7 Å². The van der Waals surface area contributed by atoms with Crippen LogP contribution in [0.2, 0.25) is 0 Å². The fourth-order valence-electron chi connectivity index (χ4n) is 2.97. The summed E-state index contributed by atoms with van der Waals surface area (Å²) in [6.45, 7) is 0.0585. The molecule has 0 spiro atoms. The van der Waals surface area contributed by atoms with Crippen molar-refractivity contribution in [2.75, 3.05) is 7.05 Å². The third-order valence-electron chi connectivity index (χ3n) is 4.40. The molecule has 0 radical (unpaired) electrons. The van der Waals surface area contributed by atoms with E-state index in [0.29, 0.717) is 18.4 Å². The lowest BCUT2D eigenvalue weighted by atomic mass is 10.1. The van der Waals surface area contributed by atoms with E-state index in [1.807, 2.05) is 24.3 Å². The zero-order valence-electron chi connectivity index (χ0n) is 15.9. The Labute approximate surface area is 170 Å². The van der Waals surface area contributed by atoms with Gasteiger partial charge in [0.05, 0.1) is 15.2 Å². The minimum absolute atomic E-state index is 0.0585. The van der Waals surface area contributed by atoms with Gasteiger partial charge in [0.1, 0.15) is 5.75 Å². The van der Waals surface area contributed by atoms with Crippen LogP contribution in [0.1, 0.15) is 29.8 Å². The number of rotatable bonds is 8. The number of ether oxygens (including phenoxy) is 1. The number of aryl methyl sites for hydroxylation is 1. The van der Waals surface area contributed by atoms with Gasteiger partial charge < -0.3 is 9.64 Å². The summed E-state index contributed by atoms with van der Waals surface area (Å²) in [7, 11) is 1.58. The van der Waals surface area contributed by atoms with E-state index >= 15 is 0 Å². The molecule has 8 heteroatoms. The lowest BCUT2D eigenvalue weighted by molar-refractivity contribution is -0.275. The van der Waals surface area contributed by atoms with Crippen molar-refractivity contribution in [3.8, 4) is 5.75 Å². The number of nitrogens with zero attached hydrogens (tertiary/aromatic N) is 2. The van der Waals surface area contributed by atoms with Gasteiger partial charge in [-0.2, -0.15) is 0 Å². The summed E-state index contributed by atoms with van der Waals surface area (Å²) in [4.78, 5) is 18.3. The van der Waals surface area contributed by atoms with Crippen LogP contribution in [0.25, 0.3) is 10.2 Å². The molecule has 1 heterocycles. The van der Waals surface area contributed by atoms with Crippen LogP contribution in [0.5, 0.6) is 5.75 Å². The second-order valence-electron chi connectivity index (χ2n) is 6.69. The zero-order valence-corrected chi connectivity index (χ0v) is 16.7. The molecule has 0 aliphatic rings. The van der Waals surface area contributed by atoms with Crippen LogP contribution in [0.15, 0.2) is 48.5 Å². The number of carbonyl (C=O) groups is 1. The first-order chi connectivity index (χ1) is 13.8. The largest absolute Gasteiger partial charge is 0.573 e. The molecule has 0 saturated carbocycles. The molecule has 0 N–H and O–H groups in total. The Balaban J connectivity index is 1.47. The number of carbonyl (C=O) groups excluding carboxylic acids is 1. The smallest absolute Gasteiger partial charge is 0.405 e. The standard InChI is InChI=1S/C21H21F3N2O2S/c1-26(14-15-8-2-4-10-17(15)28-21(22,23)24)20(27)13-7-6-12-19-25-16-9-3-5-11-18(16)29-19/h2-5,8-11H,6-7,12-14H2,1H3. The van der Waals surface area contributed by atoms with E-state index < -0.39 is 6.36 Å². The van der Waals surface area contributed by atoms with Gasteiger partial charge in [-0.3, -0.25) is 4.79 Å². The van der Waals surface area contributed by atoms with Crippen LogP contribution < -0.4 is 4.74 Å². The molecule has 29 heavy (non-hydrogen) atoms. The first kappa shape index (κ1) is 21.1. The molecule has 0 aliphatic heterocycles. The maximum absolute atomic E-state index is 12.5. The molecule has 0 fully saturated rings. The van der Waals surface area contributed by atoms with E-state index in [0.717, 1.165) is 28.1 Å². The predicted octanol–water partition coefficient (Wildman–Crippen LogP) is 5.57. The Morgan fingerprint density at radius 3 is 2.59 bits per heavy atom. The molecule has 1 amide bonds. The van der Waals surface area contributed by atoms with E-state index in [1.54, 1.807) is 24.5 Å². The summed E-state index contributed by atoms with van der Waals surface area (Å²) in [5, 5.41) is 1.05. The van der Waals surface area contributed by atoms with Gasteiger partial charge in [-0.1, -0.05) is 30.3 Å². The fraction of sp³-hybridized carbons (Fsp3) is 0.333. The number of unbranched alkanes of at least 4 members (excludes halogenated alkanes) is 1. The second-order valence-corrected chi connectivity index (χ2v) is 7.80. The van der Waals surface area contributed by atoms with E-state index in [4.69, 9.17) is 0 Å². The predicted molar refractivity (Wildman–Crippen MR) is 107 cm³/mol. The van der Waals surface area contributed by atoms with Crippen molar-refractivity contribution in [3.05, 3.63) is 59.1 Å². The van der Waals surface area contributed by atoms with E-state index in [1.165, 1.54) is 23.1 Å². The van der Waals surface area contributed by atoms with E-state index in [9.17, 15) is 18.0 Å². The first-order valence-corrected chi connectivity index (χ1v) is 10.1. The topological polar surface area (TPSA) is 42.4 Å². The normalized spacial score (nSPS) is 11.6. The zero-order chi connectivity index (χ0) is 20.9. The Hall–Kier alpha value is -2.61. The van der Waals surface area contributed by atoms with Crippen LogP contribution in [0, 0.1) is 0 Å². The maximum atomic E-state index is 12.5. The lowest BCUT2D eigenvalue weighted by Crippen LogP contribution is -2.27. The highest BCUT2D eigenvalue weighted by Gasteiger charge is 2.32. The molecule has 3 rings (SSSR count). The van der Waals surface area contributed by atoms with E-state index in [-0.39, 0.29) is 18.2 Å². The minimum Gasteiger partial charge on any atom is -0.405 e. The van der Waals surface area contributed by atoms with Gasteiger partial charge in [-0.25, -0.2) is 4.98 Å². The number of amides is 1. The van der Waals surface area contributed by atoms with Crippen LogP contribution in [0.4, 0.5) is 13.2 Å². The minimum atomic E-state index is -4.76. The molecule has 0 bridgehead atoms. The SMILES string of the molecule is CN(Cc1ccccc1OC(F)(F)F)C(=O)CCCCc1nc2ccccc2s1. The molecular weight excluding hydrogens is 401 g/mol. The van der Waals surface area contributed by atoms with Gasteiger partial charge in [-0.15, -0.1) is 24.5 Å². The summed E-state index contributed by atoms with van der Waals surface area (Å²) in [5.74, 6) is -0.397. The van der Waals surface area contributed by atoms with Gasteiger partial charge in [0.2, 0.25) is 5.91 Å². The number of halogens is 3.